The van der Waals surface area contributed by atoms with Crippen molar-refractivity contribution in [1.29, 1.82) is 5.26 Å². The first kappa shape index (κ1) is 9.54. The van der Waals surface area contributed by atoms with E-state index in [2.05, 4.69) is 6.07 Å². The Bertz CT molecular complexity index is 162. The van der Waals surface area contributed by atoms with Gasteiger partial charge in [-0.2, -0.15) is 5.26 Å². The standard InChI is InChI=1S/C10H17NO/c11-7-2-1-4-9-5-3-6-10(12)8-9/h9-10,12H,1-6,8H2. The molecule has 0 saturated heterocycles. The molecule has 68 valence electrons. The second-order valence-electron chi connectivity index (χ2n) is 3.74. The fourth-order valence-corrected chi connectivity index (χ4v) is 1.99. The van der Waals surface area contributed by atoms with Gasteiger partial charge in [0.15, 0.2) is 0 Å². The summed E-state index contributed by atoms with van der Waals surface area (Å²) in [5.41, 5.74) is 0. The molecule has 0 aromatic carbocycles. The molecule has 1 saturated carbocycles. The zero-order chi connectivity index (χ0) is 8.81. The van der Waals surface area contributed by atoms with Gasteiger partial charge in [0, 0.05) is 6.42 Å². The van der Waals surface area contributed by atoms with Gasteiger partial charge in [-0.1, -0.05) is 12.8 Å². The monoisotopic (exact) mass is 167 g/mol. The van der Waals surface area contributed by atoms with Crippen LogP contribution in [-0.4, -0.2) is 11.2 Å². The van der Waals surface area contributed by atoms with Gasteiger partial charge in [0.25, 0.3) is 0 Å². The van der Waals surface area contributed by atoms with E-state index in [4.69, 9.17) is 5.26 Å². The minimum Gasteiger partial charge on any atom is -0.393 e. The van der Waals surface area contributed by atoms with Crippen LogP contribution in [0.2, 0.25) is 0 Å². The van der Waals surface area contributed by atoms with E-state index >= 15 is 0 Å². The summed E-state index contributed by atoms with van der Waals surface area (Å²) >= 11 is 0. The molecule has 1 rings (SSSR count). The van der Waals surface area contributed by atoms with Gasteiger partial charge in [-0.05, 0) is 31.6 Å². The zero-order valence-electron chi connectivity index (χ0n) is 7.50. The molecule has 0 radical (unpaired) electrons. The number of nitriles is 1. The molecular formula is C10H17NO. The Morgan fingerprint density at radius 1 is 1.42 bits per heavy atom. The molecule has 0 spiro atoms. The molecule has 0 aromatic heterocycles. The number of nitrogens with zero attached hydrogens (tertiary/aromatic N) is 1. The van der Waals surface area contributed by atoms with E-state index in [1.54, 1.807) is 0 Å². The molecule has 1 aliphatic rings. The summed E-state index contributed by atoms with van der Waals surface area (Å²) < 4.78 is 0. The fourth-order valence-electron chi connectivity index (χ4n) is 1.99. The normalized spacial score (nSPS) is 29.7. The summed E-state index contributed by atoms with van der Waals surface area (Å²) in [6.07, 6.45) is 7.11. The van der Waals surface area contributed by atoms with E-state index in [0.717, 1.165) is 25.7 Å². The zero-order valence-corrected chi connectivity index (χ0v) is 7.50. The summed E-state index contributed by atoms with van der Waals surface area (Å²) in [6, 6.07) is 2.16. The molecule has 2 nitrogen and oxygen atoms in total. The molecule has 0 heterocycles. The number of hydrogen-bond donors (Lipinski definition) is 1. The maximum absolute atomic E-state index is 9.37. The van der Waals surface area contributed by atoms with E-state index in [0.29, 0.717) is 12.3 Å². The van der Waals surface area contributed by atoms with Crippen molar-refractivity contribution < 1.29 is 5.11 Å². The fraction of sp³-hybridized carbons (Fsp3) is 0.900. The number of unbranched alkanes of at least 4 members (excludes halogenated alkanes) is 1. The molecule has 2 unspecified atom stereocenters. The van der Waals surface area contributed by atoms with Crippen LogP contribution in [0.5, 0.6) is 0 Å². The first-order valence-corrected chi connectivity index (χ1v) is 4.88. The summed E-state index contributed by atoms with van der Waals surface area (Å²) in [6.45, 7) is 0. The Balaban J connectivity index is 2.11. The molecular weight excluding hydrogens is 150 g/mol. The highest BCUT2D eigenvalue weighted by Crippen LogP contribution is 2.27. The highest BCUT2D eigenvalue weighted by molar-refractivity contribution is 4.75. The van der Waals surface area contributed by atoms with Crippen molar-refractivity contribution in [2.24, 2.45) is 5.92 Å². The Kier molecular flexibility index (Phi) is 4.10. The largest absolute Gasteiger partial charge is 0.393 e. The van der Waals surface area contributed by atoms with Crippen molar-refractivity contribution in [3.63, 3.8) is 0 Å². The maximum Gasteiger partial charge on any atom is 0.0621 e. The summed E-state index contributed by atoms with van der Waals surface area (Å²) in [5.74, 6) is 0.682. The Labute approximate surface area is 74.2 Å². The SMILES string of the molecule is N#CCCCC1CCCC(O)C1. The quantitative estimate of drug-likeness (QED) is 0.655. The van der Waals surface area contributed by atoms with Gasteiger partial charge < -0.3 is 5.11 Å². The van der Waals surface area contributed by atoms with E-state index in [-0.39, 0.29) is 6.10 Å². The number of aliphatic hydroxyl groups excluding tert-OH is 1. The third-order valence-corrected chi connectivity index (χ3v) is 2.66. The second-order valence-corrected chi connectivity index (χ2v) is 3.74. The van der Waals surface area contributed by atoms with Crippen molar-refractivity contribution in [2.45, 2.75) is 51.0 Å². The summed E-state index contributed by atoms with van der Waals surface area (Å²) in [7, 11) is 0. The Hall–Kier alpha value is -0.550. The molecule has 0 aromatic rings. The Morgan fingerprint density at radius 3 is 2.92 bits per heavy atom. The molecule has 1 fully saturated rings. The predicted octanol–water partition coefficient (Wildman–Crippen LogP) is 2.23. The lowest BCUT2D eigenvalue weighted by Crippen LogP contribution is -2.19. The average Bonchev–Trinajstić information content (AvgIpc) is 2.05. The van der Waals surface area contributed by atoms with Gasteiger partial charge >= 0.3 is 0 Å². The van der Waals surface area contributed by atoms with Crippen molar-refractivity contribution in [3.8, 4) is 6.07 Å². The Morgan fingerprint density at radius 2 is 2.25 bits per heavy atom. The van der Waals surface area contributed by atoms with E-state index in [1.165, 1.54) is 12.8 Å². The van der Waals surface area contributed by atoms with E-state index in [1.807, 2.05) is 0 Å². The lowest BCUT2D eigenvalue weighted by molar-refractivity contribution is 0.0977. The number of rotatable bonds is 3. The highest BCUT2D eigenvalue weighted by Gasteiger charge is 2.19. The molecule has 2 heteroatoms. The van der Waals surface area contributed by atoms with Crippen molar-refractivity contribution in [2.75, 3.05) is 0 Å². The maximum atomic E-state index is 9.37. The third-order valence-electron chi connectivity index (χ3n) is 2.66. The number of aliphatic hydroxyl groups is 1. The predicted molar refractivity (Wildman–Crippen MR) is 47.4 cm³/mol. The molecule has 0 aliphatic heterocycles. The lowest BCUT2D eigenvalue weighted by atomic mass is 9.84. The van der Waals surface area contributed by atoms with Crippen LogP contribution in [0, 0.1) is 17.2 Å². The van der Waals surface area contributed by atoms with Crippen LogP contribution in [0.3, 0.4) is 0 Å². The van der Waals surface area contributed by atoms with Gasteiger partial charge in [0.1, 0.15) is 0 Å². The van der Waals surface area contributed by atoms with Crippen molar-refractivity contribution in [1.82, 2.24) is 0 Å². The van der Waals surface area contributed by atoms with Crippen molar-refractivity contribution >= 4 is 0 Å². The van der Waals surface area contributed by atoms with Crippen LogP contribution in [-0.2, 0) is 0 Å². The van der Waals surface area contributed by atoms with Gasteiger partial charge in [-0.15, -0.1) is 0 Å². The average molecular weight is 167 g/mol. The lowest BCUT2D eigenvalue weighted by Gasteiger charge is -2.25. The van der Waals surface area contributed by atoms with Gasteiger partial charge in [0.2, 0.25) is 0 Å². The third kappa shape index (κ3) is 3.23. The molecule has 1 aliphatic carbocycles. The minimum atomic E-state index is -0.0640. The molecule has 1 N–H and O–H groups in total. The van der Waals surface area contributed by atoms with E-state index in [9.17, 15) is 5.11 Å². The molecule has 0 amide bonds. The number of hydrogen-bond acceptors (Lipinski definition) is 2. The van der Waals surface area contributed by atoms with Gasteiger partial charge in [-0.3, -0.25) is 0 Å². The van der Waals surface area contributed by atoms with Crippen LogP contribution in [0.4, 0.5) is 0 Å². The first-order chi connectivity index (χ1) is 5.83. The highest BCUT2D eigenvalue weighted by atomic mass is 16.3. The van der Waals surface area contributed by atoms with Crippen LogP contribution in [0.1, 0.15) is 44.9 Å². The summed E-state index contributed by atoms with van der Waals surface area (Å²) in [4.78, 5) is 0. The second kappa shape index (κ2) is 5.16. The smallest absolute Gasteiger partial charge is 0.0621 e. The van der Waals surface area contributed by atoms with Crippen LogP contribution >= 0.6 is 0 Å². The van der Waals surface area contributed by atoms with Gasteiger partial charge in [-0.25, -0.2) is 0 Å². The van der Waals surface area contributed by atoms with E-state index < -0.39 is 0 Å². The van der Waals surface area contributed by atoms with Gasteiger partial charge in [0.05, 0.1) is 12.2 Å². The van der Waals surface area contributed by atoms with Crippen LogP contribution in [0.25, 0.3) is 0 Å². The van der Waals surface area contributed by atoms with Crippen LogP contribution < -0.4 is 0 Å². The first-order valence-electron chi connectivity index (χ1n) is 4.88. The minimum absolute atomic E-state index is 0.0640. The molecule has 2 atom stereocenters. The molecule has 12 heavy (non-hydrogen) atoms. The van der Waals surface area contributed by atoms with Crippen molar-refractivity contribution in [3.05, 3.63) is 0 Å². The van der Waals surface area contributed by atoms with Crippen LogP contribution in [0.15, 0.2) is 0 Å². The molecule has 0 bridgehead atoms. The topological polar surface area (TPSA) is 44.0 Å². The summed E-state index contributed by atoms with van der Waals surface area (Å²) in [5, 5.41) is 17.7.